The van der Waals surface area contributed by atoms with Crippen LogP contribution in [0.4, 0.5) is 10.5 Å². The molecule has 1 aromatic rings. The molecule has 0 unspecified atom stereocenters. The average molecular weight is 354 g/mol. The number of ether oxygens (including phenoxy) is 1. The molecule has 0 aromatic heterocycles. The van der Waals surface area contributed by atoms with Crippen molar-refractivity contribution >= 4 is 29.3 Å². The molecule has 7 heteroatoms. The highest BCUT2D eigenvalue weighted by Gasteiger charge is 2.27. The fourth-order valence-electron chi connectivity index (χ4n) is 2.59. The molecular weight excluding hydrogens is 330 g/mol. The molecule has 6 nitrogen and oxygen atoms in total. The van der Waals surface area contributed by atoms with Gasteiger partial charge in [-0.1, -0.05) is 11.6 Å². The number of urea groups is 1. The lowest BCUT2D eigenvalue weighted by Gasteiger charge is -2.21. The SMILES string of the molecule is CC(C)OC(=O)c1cc(NC(=O)N2CC[C@H](N(C)C)C2)ccc1Cl. The van der Waals surface area contributed by atoms with E-state index in [1.807, 2.05) is 14.1 Å². The van der Waals surface area contributed by atoms with Gasteiger partial charge < -0.3 is 19.9 Å². The highest BCUT2D eigenvalue weighted by molar-refractivity contribution is 6.33. The van der Waals surface area contributed by atoms with Crippen molar-refractivity contribution in [3.63, 3.8) is 0 Å². The molecule has 0 aliphatic carbocycles. The summed E-state index contributed by atoms with van der Waals surface area (Å²) in [5.74, 6) is -0.500. The van der Waals surface area contributed by atoms with Gasteiger partial charge in [0.25, 0.3) is 0 Å². The number of likely N-dealkylation sites (N-methyl/N-ethyl adjacent to an activating group) is 1. The number of hydrogen-bond donors (Lipinski definition) is 1. The van der Waals surface area contributed by atoms with Crippen LogP contribution < -0.4 is 5.32 Å². The molecule has 2 rings (SSSR count). The summed E-state index contributed by atoms with van der Waals surface area (Å²) in [6.07, 6.45) is 0.715. The number of halogens is 1. The number of anilines is 1. The predicted molar refractivity (Wildman–Crippen MR) is 94.7 cm³/mol. The minimum absolute atomic E-state index is 0.176. The van der Waals surface area contributed by atoms with E-state index >= 15 is 0 Å². The van der Waals surface area contributed by atoms with Gasteiger partial charge in [0.05, 0.1) is 16.7 Å². The number of amides is 2. The maximum absolute atomic E-state index is 12.4. The second kappa shape index (κ2) is 7.85. The van der Waals surface area contributed by atoms with Crippen LogP contribution in [-0.4, -0.2) is 61.1 Å². The van der Waals surface area contributed by atoms with E-state index in [-0.39, 0.29) is 17.7 Å². The number of likely N-dealkylation sites (tertiary alicyclic amines) is 1. The zero-order valence-corrected chi connectivity index (χ0v) is 15.3. The van der Waals surface area contributed by atoms with E-state index in [2.05, 4.69) is 10.2 Å². The minimum atomic E-state index is -0.500. The number of rotatable bonds is 4. The van der Waals surface area contributed by atoms with Gasteiger partial charge in [-0.05, 0) is 52.6 Å². The van der Waals surface area contributed by atoms with Crippen molar-refractivity contribution in [2.45, 2.75) is 32.4 Å². The first-order chi connectivity index (χ1) is 11.3. The number of hydrogen-bond acceptors (Lipinski definition) is 4. The quantitative estimate of drug-likeness (QED) is 0.845. The lowest BCUT2D eigenvalue weighted by Crippen LogP contribution is -2.36. The molecule has 0 bridgehead atoms. The molecular formula is C17H24ClN3O3. The first-order valence-corrected chi connectivity index (χ1v) is 8.38. The van der Waals surface area contributed by atoms with E-state index in [9.17, 15) is 9.59 Å². The Morgan fingerprint density at radius 1 is 1.38 bits per heavy atom. The van der Waals surface area contributed by atoms with Gasteiger partial charge in [-0.25, -0.2) is 9.59 Å². The smallest absolute Gasteiger partial charge is 0.339 e. The zero-order valence-electron chi connectivity index (χ0n) is 14.5. The van der Waals surface area contributed by atoms with Crippen LogP contribution in [-0.2, 0) is 4.74 Å². The molecule has 0 spiro atoms. The highest BCUT2D eigenvalue weighted by atomic mass is 35.5. The Morgan fingerprint density at radius 2 is 2.08 bits per heavy atom. The lowest BCUT2D eigenvalue weighted by atomic mass is 10.2. The topological polar surface area (TPSA) is 61.9 Å². The Labute approximate surface area is 147 Å². The van der Waals surface area contributed by atoms with Gasteiger partial charge in [0.2, 0.25) is 0 Å². The molecule has 1 fully saturated rings. The summed E-state index contributed by atoms with van der Waals surface area (Å²) < 4.78 is 5.17. The molecule has 0 saturated carbocycles. The second-order valence-electron chi connectivity index (χ2n) is 6.43. The van der Waals surface area contributed by atoms with Crippen LogP contribution in [0, 0.1) is 0 Å². The van der Waals surface area contributed by atoms with Crippen molar-refractivity contribution in [3.05, 3.63) is 28.8 Å². The monoisotopic (exact) mass is 353 g/mol. The molecule has 1 aliphatic heterocycles. The molecule has 24 heavy (non-hydrogen) atoms. The molecule has 1 aromatic carbocycles. The van der Waals surface area contributed by atoms with Gasteiger partial charge in [0.1, 0.15) is 0 Å². The summed E-state index contributed by atoms with van der Waals surface area (Å²) in [5.41, 5.74) is 0.768. The van der Waals surface area contributed by atoms with E-state index in [4.69, 9.17) is 16.3 Å². The standard InChI is InChI=1S/C17H24ClN3O3/c1-11(2)24-16(22)14-9-12(5-6-15(14)18)19-17(23)21-8-7-13(10-21)20(3)4/h5-6,9,11,13H,7-8,10H2,1-4H3,(H,19,23)/t13-/m0/s1. The van der Waals surface area contributed by atoms with Gasteiger partial charge in [-0.3, -0.25) is 0 Å². The minimum Gasteiger partial charge on any atom is -0.459 e. The van der Waals surface area contributed by atoms with E-state index in [1.54, 1.807) is 36.9 Å². The third kappa shape index (κ3) is 4.61. The van der Waals surface area contributed by atoms with Crippen molar-refractivity contribution in [1.82, 2.24) is 9.80 Å². The number of esters is 1. The summed E-state index contributed by atoms with van der Waals surface area (Å²) in [4.78, 5) is 28.3. The third-order valence-corrected chi connectivity index (χ3v) is 4.29. The van der Waals surface area contributed by atoms with Gasteiger partial charge in [0, 0.05) is 24.8 Å². The molecule has 1 saturated heterocycles. The van der Waals surface area contributed by atoms with Crippen LogP contribution in [0.25, 0.3) is 0 Å². The zero-order chi connectivity index (χ0) is 17.9. The van der Waals surface area contributed by atoms with Crippen LogP contribution in [0.2, 0.25) is 5.02 Å². The van der Waals surface area contributed by atoms with Crippen molar-refractivity contribution in [1.29, 1.82) is 0 Å². The number of nitrogens with one attached hydrogen (secondary N) is 1. The van der Waals surface area contributed by atoms with Crippen LogP contribution in [0.1, 0.15) is 30.6 Å². The van der Waals surface area contributed by atoms with Crippen molar-refractivity contribution in [2.75, 3.05) is 32.5 Å². The summed E-state index contributed by atoms with van der Waals surface area (Å²) in [7, 11) is 4.02. The van der Waals surface area contributed by atoms with E-state index < -0.39 is 5.97 Å². The fourth-order valence-corrected chi connectivity index (χ4v) is 2.78. The van der Waals surface area contributed by atoms with Gasteiger partial charge in [0.15, 0.2) is 0 Å². The fraction of sp³-hybridized carbons (Fsp3) is 0.529. The van der Waals surface area contributed by atoms with Crippen LogP contribution in [0.3, 0.4) is 0 Å². The Kier molecular flexibility index (Phi) is 6.07. The van der Waals surface area contributed by atoms with E-state index in [0.717, 1.165) is 6.42 Å². The Balaban J connectivity index is 2.05. The Morgan fingerprint density at radius 3 is 2.67 bits per heavy atom. The van der Waals surface area contributed by atoms with Gasteiger partial charge >= 0.3 is 12.0 Å². The first-order valence-electron chi connectivity index (χ1n) is 8.00. The largest absolute Gasteiger partial charge is 0.459 e. The van der Waals surface area contributed by atoms with E-state index in [1.165, 1.54) is 0 Å². The Hall–Kier alpha value is -1.79. The van der Waals surface area contributed by atoms with E-state index in [0.29, 0.717) is 29.8 Å². The number of nitrogens with zero attached hydrogens (tertiary/aromatic N) is 2. The van der Waals surface area contributed by atoms with Gasteiger partial charge in [-0.2, -0.15) is 0 Å². The maximum Gasteiger partial charge on any atom is 0.339 e. The number of carbonyl (C=O) groups is 2. The molecule has 132 valence electrons. The van der Waals surface area contributed by atoms with Crippen LogP contribution in [0.5, 0.6) is 0 Å². The summed E-state index contributed by atoms with van der Waals surface area (Å²) in [6.45, 7) is 4.94. The summed E-state index contributed by atoms with van der Waals surface area (Å²) >= 11 is 6.06. The Bertz CT molecular complexity index is 619. The normalized spacial score (nSPS) is 17.5. The predicted octanol–water partition coefficient (Wildman–Crippen LogP) is 3.07. The van der Waals surface area contributed by atoms with Crippen LogP contribution >= 0.6 is 11.6 Å². The molecule has 1 heterocycles. The highest BCUT2D eigenvalue weighted by Crippen LogP contribution is 2.23. The maximum atomic E-state index is 12.4. The van der Waals surface area contributed by atoms with Crippen molar-refractivity contribution < 1.29 is 14.3 Å². The molecule has 2 amide bonds. The third-order valence-electron chi connectivity index (χ3n) is 3.96. The first kappa shape index (κ1) is 18.5. The van der Waals surface area contributed by atoms with Crippen molar-refractivity contribution in [3.8, 4) is 0 Å². The number of carbonyl (C=O) groups excluding carboxylic acids is 2. The lowest BCUT2D eigenvalue weighted by molar-refractivity contribution is 0.0378. The molecule has 1 atom stereocenters. The number of benzene rings is 1. The second-order valence-corrected chi connectivity index (χ2v) is 6.84. The summed E-state index contributed by atoms with van der Waals surface area (Å²) in [5, 5.41) is 3.12. The molecule has 1 aliphatic rings. The average Bonchev–Trinajstić information content (AvgIpc) is 2.98. The van der Waals surface area contributed by atoms with Crippen LogP contribution in [0.15, 0.2) is 18.2 Å². The molecule has 0 radical (unpaired) electrons. The van der Waals surface area contributed by atoms with Gasteiger partial charge in [-0.15, -0.1) is 0 Å². The van der Waals surface area contributed by atoms with Crippen molar-refractivity contribution in [2.24, 2.45) is 0 Å². The summed E-state index contributed by atoms with van der Waals surface area (Å²) in [6, 6.07) is 5.00. The molecule has 1 N–H and O–H groups in total.